The van der Waals surface area contributed by atoms with Gasteiger partial charge in [0.15, 0.2) is 6.10 Å². The molecule has 5 heteroatoms. The van der Waals surface area contributed by atoms with Gasteiger partial charge in [0.05, 0.1) is 12.5 Å². The van der Waals surface area contributed by atoms with Crippen LogP contribution in [0.15, 0.2) is 24.3 Å². The van der Waals surface area contributed by atoms with Gasteiger partial charge in [0, 0.05) is 12.6 Å². The largest absolute Gasteiger partial charge is 0.481 e. The number of benzene rings is 1. The second-order valence-corrected chi connectivity index (χ2v) is 6.15. The molecule has 3 atom stereocenters. The van der Waals surface area contributed by atoms with Crippen molar-refractivity contribution in [2.45, 2.75) is 38.3 Å². The summed E-state index contributed by atoms with van der Waals surface area (Å²) in [5.74, 6) is -1.40. The highest BCUT2D eigenvalue weighted by Crippen LogP contribution is 2.31. The molecule has 22 heavy (non-hydrogen) atoms. The Balaban J connectivity index is 1.83. The summed E-state index contributed by atoms with van der Waals surface area (Å²) in [4.78, 5) is 25.8. The van der Waals surface area contributed by atoms with Crippen LogP contribution < -0.4 is 0 Å². The van der Waals surface area contributed by atoms with E-state index < -0.39 is 18.0 Å². The van der Waals surface area contributed by atoms with Crippen molar-refractivity contribution in [2.24, 2.45) is 5.92 Å². The number of amides is 1. The molecule has 3 unspecified atom stereocenters. The number of aliphatic carboxylic acids is 1. The van der Waals surface area contributed by atoms with Crippen LogP contribution in [-0.2, 0) is 20.7 Å². The molecule has 1 aromatic rings. The van der Waals surface area contributed by atoms with E-state index >= 15 is 0 Å². The molecule has 0 aromatic heterocycles. The molecule has 1 amide bonds. The normalized spacial score (nSPS) is 28.0. The maximum atomic E-state index is 12.9. The molecule has 1 saturated heterocycles. The first-order valence-electron chi connectivity index (χ1n) is 7.80. The van der Waals surface area contributed by atoms with Crippen molar-refractivity contribution in [3.05, 3.63) is 35.4 Å². The zero-order valence-electron chi connectivity index (χ0n) is 12.7. The number of ether oxygens (including phenoxy) is 1. The van der Waals surface area contributed by atoms with Crippen LogP contribution in [-0.4, -0.2) is 41.1 Å². The van der Waals surface area contributed by atoms with E-state index in [9.17, 15) is 14.7 Å². The van der Waals surface area contributed by atoms with Crippen molar-refractivity contribution >= 4 is 11.9 Å². The number of carboxylic acid groups (broad SMARTS) is 1. The number of likely N-dealkylation sites (tertiary alicyclic amines) is 1. The summed E-state index contributed by atoms with van der Waals surface area (Å²) >= 11 is 0. The van der Waals surface area contributed by atoms with Crippen molar-refractivity contribution < 1.29 is 19.4 Å². The highest BCUT2D eigenvalue weighted by Gasteiger charge is 2.37. The topological polar surface area (TPSA) is 66.8 Å². The van der Waals surface area contributed by atoms with Gasteiger partial charge in [-0.1, -0.05) is 24.3 Å². The van der Waals surface area contributed by atoms with Gasteiger partial charge >= 0.3 is 5.97 Å². The van der Waals surface area contributed by atoms with E-state index in [1.54, 1.807) is 4.90 Å². The summed E-state index contributed by atoms with van der Waals surface area (Å²) in [6.07, 6.45) is 1.56. The SMILES string of the molecule is CC1CCC(C(=O)O)CN1C(=O)C1OCCc2ccccc21. The number of rotatable bonds is 2. The molecule has 0 bridgehead atoms. The lowest BCUT2D eigenvalue weighted by molar-refractivity contribution is -0.154. The number of hydrogen-bond donors (Lipinski definition) is 1. The monoisotopic (exact) mass is 303 g/mol. The maximum absolute atomic E-state index is 12.9. The third-order valence-electron chi connectivity index (χ3n) is 4.73. The minimum atomic E-state index is -0.824. The fourth-order valence-electron chi connectivity index (χ4n) is 3.36. The first-order valence-corrected chi connectivity index (χ1v) is 7.80. The van der Waals surface area contributed by atoms with Crippen molar-refractivity contribution in [1.29, 1.82) is 0 Å². The third kappa shape index (κ3) is 2.73. The molecular formula is C17H21NO4. The molecule has 1 N–H and O–H groups in total. The van der Waals surface area contributed by atoms with Gasteiger partial charge in [-0.25, -0.2) is 0 Å². The molecule has 0 radical (unpaired) electrons. The highest BCUT2D eigenvalue weighted by molar-refractivity contribution is 5.84. The minimum absolute atomic E-state index is 0.0563. The van der Waals surface area contributed by atoms with Crippen LogP contribution in [0, 0.1) is 5.92 Å². The average molecular weight is 303 g/mol. The van der Waals surface area contributed by atoms with Gasteiger partial charge in [-0.3, -0.25) is 9.59 Å². The van der Waals surface area contributed by atoms with Gasteiger partial charge < -0.3 is 14.7 Å². The van der Waals surface area contributed by atoms with Crippen molar-refractivity contribution in [2.75, 3.05) is 13.2 Å². The van der Waals surface area contributed by atoms with Crippen LogP contribution in [0.25, 0.3) is 0 Å². The Morgan fingerprint density at radius 3 is 2.82 bits per heavy atom. The van der Waals surface area contributed by atoms with Gasteiger partial charge in [-0.2, -0.15) is 0 Å². The van der Waals surface area contributed by atoms with Crippen LogP contribution in [0.5, 0.6) is 0 Å². The number of hydrogen-bond acceptors (Lipinski definition) is 3. The molecule has 118 valence electrons. The maximum Gasteiger partial charge on any atom is 0.308 e. The summed E-state index contributed by atoms with van der Waals surface area (Å²) in [5, 5.41) is 9.22. The summed E-state index contributed by atoms with van der Waals surface area (Å²) in [6, 6.07) is 7.89. The van der Waals surface area contributed by atoms with Gasteiger partial charge in [-0.15, -0.1) is 0 Å². The number of carbonyl (C=O) groups excluding carboxylic acids is 1. The number of fused-ring (bicyclic) bond motifs is 1. The van der Waals surface area contributed by atoms with E-state index in [1.165, 1.54) is 0 Å². The second kappa shape index (κ2) is 6.08. The van der Waals surface area contributed by atoms with Crippen LogP contribution in [0.1, 0.15) is 37.0 Å². The van der Waals surface area contributed by atoms with E-state index in [-0.39, 0.29) is 18.5 Å². The Kier molecular flexibility index (Phi) is 4.16. The third-order valence-corrected chi connectivity index (χ3v) is 4.73. The lowest BCUT2D eigenvalue weighted by atomic mass is 9.91. The zero-order valence-corrected chi connectivity index (χ0v) is 12.7. The van der Waals surface area contributed by atoms with Crippen LogP contribution >= 0.6 is 0 Å². The Hall–Kier alpha value is -1.88. The van der Waals surface area contributed by atoms with E-state index in [0.717, 1.165) is 24.0 Å². The van der Waals surface area contributed by atoms with Crippen LogP contribution in [0.2, 0.25) is 0 Å². The van der Waals surface area contributed by atoms with E-state index in [4.69, 9.17) is 4.74 Å². The molecule has 0 spiro atoms. The molecule has 2 heterocycles. The molecule has 2 aliphatic heterocycles. The van der Waals surface area contributed by atoms with Gasteiger partial charge in [0.2, 0.25) is 0 Å². The molecule has 1 aromatic carbocycles. The Labute approximate surface area is 129 Å². The number of nitrogens with zero attached hydrogens (tertiary/aromatic N) is 1. The van der Waals surface area contributed by atoms with Gasteiger partial charge in [0.1, 0.15) is 0 Å². The summed E-state index contributed by atoms with van der Waals surface area (Å²) in [5.41, 5.74) is 2.06. The van der Waals surface area contributed by atoms with Gasteiger partial charge in [0.25, 0.3) is 5.91 Å². The number of carboxylic acids is 1. The van der Waals surface area contributed by atoms with Crippen molar-refractivity contribution in [1.82, 2.24) is 4.90 Å². The molecular weight excluding hydrogens is 282 g/mol. The van der Waals surface area contributed by atoms with Crippen molar-refractivity contribution in [3.8, 4) is 0 Å². The van der Waals surface area contributed by atoms with Gasteiger partial charge in [-0.05, 0) is 37.3 Å². The predicted octanol–water partition coefficient (Wildman–Crippen LogP) is 2.01. The lowest BCUT2D eigenvalue weighted by Gasteiger charge is -2.39. The smallest absolute Gasteiger partial charge is 0.308 e. The predicted molar refractivity (Wildman–Crippen MR) is 80.4 cm³/mol. The fourth-order valence-corrected chi connectivity index (χ4v) is 3.36. The Morgan fingerprint density at radius 1 is 1.27 bits per heavy atom. The van der Waals surface area contributed by atoms with Crippen molar-refractivity contribution in [3.63, 3.8) is 0 Å². The number of piperidine rings is 1. The molecule has 5 nitrogen and oxygen atoms in total. The zero-order chi connectivity index (χ0) is 15.7. The molecule has 0 aliphatic carbocycles. The minimum Gasteiger partial charge on any atom is -0.481 e. The highest BCUT2D eigenvalue weighted by atomic mass is 16.5. The second-order valence-electron chi connectivity index (χ2n) is 6.15. The Morgan fingerprint density at radius 2 is 2.05 bits per heavy atom. The van der Waals surface area contributed by atoms with E-state index in [0.29, 0.717) is 13.0 Å². The fraction of sp³-hybridized carbons (Fsp3) is 0.529. The quantitative estimate of drug-likeness (QED) is 0.907. The van der Waals surface area contributed by atoms with Crippen LogP contribution in [0.4, 0.5) is 0 Å². The first-order chi connectivity index (χ1) is 10.6. The Bertz CT molecular complexity index is 586. The average Bonchev–Trinajstić information content (AvgIpc) is 2.54. The lowest BCUT2D eigenvalue weighted by Crippen LogP contribution is -2.49. The standard InChI is InChI=1S/C17H21NO4/c1-11-6-7-13(17(20)21)10-18(11)16(19)15-14-5-3-2-4-12(14)8-9-22-15/h2-5,11,13,15H,6-10H2,1H3,(H,20,21). The molecule has 0 saturated carbocycles. The first kappa shape index (κ1) is 15.0. The summed E-state index contributed by atoms with van der Waals surface area (Å²) in [7, 11) is 0. The molecule has 1 fully saturated rings. The summed E-state index contributed by atoms with van der Waals surface area (Å²) < 4.78 is 5.72. The summed E-state index contributed by atoms with van der Waals surface area (Å²) in [6.45, 7) is 2.78. The molecule has 3 rings (SSSR count). The molecule has 2 aliphatic rings. The van der Waals surface area contributed by atoms with E-state index in [2.05, 4.69) is 0 Å². The number of carbonyl (C=O) groups is 2. The van der Waals surface area contributed by atoms with Crippen LogP contribution in [0.3, 0.4) is 0 Å². The van der Waals surface area contributed by atoms with E-state index in [1.807, 2.05) is 31.2 Å².